The molecule has 0 aromatic carbocycles. The number of amides is 1. The summed E-state index contributed by atoms with van der Waals surface area (Å²) in [6.45, 7) is 6.87. The Morgan fingerprint density at radius 3 is 2.68 bits per heavy atom. The predicted octanol–water partition coefficient (Wildman–Crippen LogP) is 2.52. The van der Waals surface area contributed by atoms with Crippen LogP contribution >= 0.6 is 11.8 Å². The summed E-state index contributed by atoms with van der Waals surface area (Å²) in [5, 5.41) is 2.94. The van der Waals surface area contributed by atoms with Gasteiger partial charge in [0.15, 0.2) is 0 Å². The lowest BCUT2D eigenvalue weighted by Gasteiger charge is -2.12. The lowest BCUT2D eigenvalue weighted by Crippen LogP contribution is -2.29. The van der Waals surface area contributed by atoms with Crippen molar-refractivity contribution in [2.75, 3.05) is 24.3 Å². The van der Waals surface area contributed by atoms with E-state index in [0.29, 0.717) is 23.8 Å². The second-order valence-electron chi connectivity index (χ2n) is 5.13. The van der Waals surface area contributed by atoms with Gasteiger partial charge >= 0.3 is 0 Å². The molecule has 0 radical (unpaired) electrons. The molecule has 0 saturated carbocycles. The number of rotatable bonds is 6. The average molecular weight is 281 g/mol. The van der Waals surface area contributed by atoms with Gasteiger partial charge in [0.2, 0.25) is 0 Å². The highest BCUT2D eigenvalue weighted by Gasteiger charge is 2.11. The molecular formula is C14H23N3OS. The number of hydrogen-bond donors (Lipinski definition) is 2. The van der Waals surface area contributed by atoms with Crippen molar-refractivity contribution in [1.29, 1.82) is 0 Å². The third kappa shape index (κ3) is 5.11. The largest absolute Gasteiger partial charge is 0.384 e. The van der Waals surface area contributed by atoms with E-state index in [1.165, 1.54) is 0 Å². The molecule has 0 bridgehead atoms. The van der Waals surface area contributed by atoms with Gasteiger partial charge in [0.1, 0.15) is 5.82 Å². The van der Waals surface area contributed by atoms with Crippen molar-refractivity contribution in [1.82, 2.24) is 10.3 Å². The van der Waals surface area contributed by atoms with Gasteiger partial charge in [-0.25, -0.2) is 4.98 Å². The van der Waals surface area contributed by atoms with Gasteiger partial charge in [-0.15, -0.1) is 0 Å². The Bertz CT molecular complexity index is 435. The van der Waals surface area contributed by atoms with E-state index in [0.717, 1.165) is 11.4 Å². The number of nitrogens with zero attached hydrogens (tertiary/aromatic N) is 1. The van der Waals surface area contributed by atoms with Crippen molar-refractivity contribution in [2.45, 2.75) is 26.7 Å². The van der Waals surface area contributed by atoms with Crippen LogP contribution in [-0.4, -0.2) is 29.4 Å². The molecule has 3 N–H and O–H groups in total. The fourth-order valence-corrected chi connectivity index (χ4v) is 2.40. The SMILES string of the molecule is CSCC(C)CNC(=O)c1cc(N)nc(C(C)C)c1. The number of nitrogen functional groups attached to an aromatic ring is 1. The van der Waals surface area contributed by atoms with Gasteiger partial charge in [-0.3, -0.25) is 4.79 Å². The molecule has 0 aliphatic rings. The fourth-order valence-electron chi connectivity index (χ4n) is 1.71. The fraction of sp³-hybridized carbons (Fsp3) is 0.571. The smallest absolute Gasteiger partial charge is 0.251 e. The van der Waals surface area contributed by atoms with Crippen LogP contribution < -0.4 is 11.1 Å². The summed E-state index contributed by atoms with van der Waals surface area (Å²) in [5.41, 5.74) is 7.18. The van der Waals surface area contributed by atoms with E-state index in [2.05, 4.69) is 23.5 Å². The van der Waals surface area contributed by atoms with Crippen LogP contribution in [0.5, 0.6) is 0 Å². The number of pyridine rings is 1. The zero-order valence-electron chi connectivity index (χ0n) is 12.1. The number of thioether (sulfide) groups is 1. The Morgan fingerprint density at radius 2 is 2.11 bits per heavy atom. The monoisotopic (exact) mass is 281 g/mol. The van der Waals surface area contributed by atoms with E-state index in [-0.39, 0.29) is 11.8 Å². The summed E-state index contributed by atoms with van der Waals surface area (Å²) < 4.78 is 0. The van der Waals surface area contributed by atoms with E-state index in [1.54, 1.807) is 17.8 Å². The number of anilines is 1. The van der Waals surface area contributed by atoms with E-state index < -0.39 is 0 Å². The predicted molar refractivity (Wildman–Crippen MR) is 82.6 cm³/mol. The number of carbonyl (C=O) groups excluding carboxylic acids is 1. The second kappa shape index (κ2) is 7.38. The van der Waals surface area contributed by atoms with Crippen LogP contribution in [0.1, 0.15) is 42.7 Å². The molecule has 4 nitrogen and oxygen atoms in total. The second-order valence-corrected chi connectivity index (χ2v) is 6.04. The van der Waals surface area contributed by atoms with E-state index in [9.17, 15) is 4.79 Å². The molecule has 1 rings (SSSR count). The summed E-state index contributed by atoms with van der Waals surface area (Å²) in [6, 6.07) is 3.44. The molecule has 1 heterocycles. The normalized spacial score (nSPS) is 12.5. The Morgan fingerprint density at radius 1 is 1.42 bits per heavy atom. The van der Waals surface area contributed by atoms with Crippen molar-refractivity contribution < 1.29 is 4.79 Å². The van der Waals surface area contributed by atoms with E-state index in [1.807, 2.05) is 19.9 Å². The minimum atomic E-state index is -0.0797. The van der Waals surface area contributed by atoms with Gasteiger partial charge in [0.25, 0.3) is 5.91 Å². The van der Waals surface area contributed by atoms with Gasteiger partial charge in [-0.1, -0.05) is 20.8 Å². The maximum Gasteiger partial charge on any atom is 0.251 e. The van der Waals surface area contributed by atoms with E-state index in [4.69, 9.17) is 5.73 Å². The number of nitrogens with two attached hydrogens (primary N) is 1. The number of carbonyl (C=O) groups is 1. The van der Waals surface area contributed by atoms with E-state index >= 15 is 0 Å². The summed E-state index contributed by atoms with van der Waals surface area (Å²) >= 11 is 1.78. The van der Waals surface area contributed by atoms with Crippen molar-refractivity contribution in [3.05, 3.63) is 23.4 Å². The van der Waals surface area contributed by atoms with Crippen molar-refractivity contribution in [3.8, 4) is 0 Å². The molecule has 0 fully saturated rings. The minimum Gasteiger partial charge on any atom is -0.384 e. The summed E-state index contributed by atoms with van der Waals surface area (Å²) in [7, 11) is 0. The molecule has 0 spiro atoms. The Kier molecular flexibility index (Phi) is 6.15. The summed E-state index contributed by atoms with van der Waals surface area (Å²) in [5.74, 6) is 2.07. The number of hydrogen-bond acceptors (Lipinski definition) is 4. The van der Waals surface area contributed by atoms with Crippen LogP contribution in [0.2, 0.25) is 0 Å². The molecule has 5 heteroatoms. The van der Waals surface area contributed by atoms with Gasteiger partial charge in [-0.05, 0) is 36.0 Å². The van der Waals surface area contributed by atoms with Crippen LogP contribution in [0.3, 0.4) is 0 Å². The van der Waals surface area contributed by atoms with Crippen LogP contribution in [0.15, 0.2) is 12.1 Å². The first-order chi connectivity index (χ1) is 8.93. The molecule has 1 unspecified atom stereocenters. The molecule has 0 aliphatic heterocycles. The quantitative estimate of drug-likeness (QED) is 0.840. The Balaban J connectivity index is 2.71. The summed E-state index contributed by atoms with van der Waals surface area (Å²) in [4.78, 5) is 16.3. The Hall–Kier alpha value is -1.23. The first-order valence-corrected chi connectivity index (χ1v) is 7.88. The first-order valence-electron chi connectivity index (χ1n) is 6.48. The molecule has 1 aromatic rings. The van der Waals surface area contributed by atoms with Crippen LogP contribution in [0.25, 0.3) is 0 Å². The molecule has 106 valence electrons. The van der Waals surface area contributed by atoms with Gasteiger partial charge in [0, 0.05) is 17.8 Å². The molecule has 19 heavy (non-hydrogen) atoms. The molecular weight excluding hydrogens is 258 g/mol. The number of aromatic nitrogens is 1. The highest BCUT2D eigenvalue weighted by molar-refractivity contribution is 7.98. The minimum absolute atomic E-state index is 0.0797. The number of nitrogens with one attached hydrogen (secondary N) is 1. The van der Waals surface area contributed by atoms with Crippen molar-refractivity contribution >= 4 is 23.5 Å². The van der Waals surface area contributed by atoms with Crippen LogP contribution in [0, 0.1) is 5.92 Å². The highest BCUT2D eigenvalue weighted by Crippen LogP contribution is 2.16. The molecule has 1 atom stereocenters. The van der Waals surface area contributed by atoms with Crippen molar-refractivity contribution in [3.63, 3.8) is 0 Å². The standard InChI is InChI=1S/C14H23N3OS/c1-9(2)12-5-11(6-13(15)17-12)14(18)16-7-10(3)8-19-4/h5-6,9-10H,7-8H2,1-4H3,(H2,15,17)(H,16,18). The summed E-state index contributed by atoms with van der Waals surface area (Å²) in [6.07, 6.45) is 2.07. The lowest BCUT2D eigenvalue weighted by atomic mass is 10.1. The lowest BCUT2D eigenvalue weighted by molar-refractivity contribution is 0.0949. The first kappa shape index (κ1) is 15.8. The van der Waals surface area contributed by atoms with Crippen LogP contribution in [-0.2, 0) is 0 Å². The molecule has 0 aliphatic carbocycles. The van der Waals surface area contributed by atoms with Gasteiger partial charge in [-0.2, -0.15) is 11.8 Å². The third-order valence-electron chi connectivity index (χ3n) is 2.78. The highest BCUT2D eigenvalue weighted by atomic mass is 32.2. The average Bonchev–Trinajstić information content (AvgIpc) is 2.35. The zero-order valence-corrected chi connectivity index (χ0v) is 12.9. The Labute approximate surface area is 119 Å². The zero-order chi connectivity index (χ0) is 14.4. The molecule has 1 aromatic heterocycles. The maximum absolute atomic E-state index is 12.1. The van der Waals surface area contributed by atoms with Gasteiger partial charge < -0.3 is 11.1 Å². The maximum atomic E-state index is 12.1. The van der Waals surface area contributed by atoms with Crippen molar-refractivity contribution in [2.24, 2.45) is 5.92 Å². The third-order valence-corrected chi connectivity index (χ3v) is 3.68. The molecule has 0 saturated heterocycles. The topological polar surface area (TPSA) is 68.0 Å². The van der Waals surface area contributed by atoms with Gasteiger partial charge in [0.05, 0.1) is 0 Å². The molecule has 1 amide bonds. The van der Waals surface area contributed by atoms with Crippen LogP contribution in [0.4, 0.5) is 5.82 Å².